The van der Waals surface area contributed by atoms with E-state index in [1.165, 1.54) is 28.5 Å². The summed E-state index contributed by atoms with van der Waals surface area (Å²) in [6.45, 7) is 0.307. The average Bonchev–Trinajstić information content (AvgIpc) is 3.47. The number of thiazole rings is 1. The van der Waals surface area contributed by atoms with Gasteiger partial charge in [-0.05, 0) is 40.7 Å². The highest BCUT2D eigenvalue weighted by Gasteiger charge is 2.29. The number of fused-ring (bicyclic) bond motifs is 3. The van der Waals surface area contributed by atoms with E-state index >= 15 is 0 Å². The van der Waals surface area contributed by atoms with Gasteiger partial charge in [-0.15, -0.1) is 11.3 Å². The second-order valence-corrected chi connectivity index (χ2v) is 9.88. The highest BCUT2D eigenvalue weighted by Crippen LogP contribution is 2.44. The fourth-order valence-electron chi connectivity index (χ4n) is 4.02. The van der Waals surface area contributed by atoms with Crippen LogP contribution in [0.2, 0.25) is 0 Å². The monoisotopic (exact) mass is 511 g/mol. The molecule has 0 spiro atoms. The van der Waals surface area contributed by atoms with Crippen LogP contribution in [-0.4, -0.2) is 52.7 Å². The molecule has 0 saturated carbocycles. The predicted octanol–water partition coefficient (Wildman–Crippen LogP) is 4.12. The van der Waals surface area contributed by atoms with Crippen LogP contribution in [0.5, 0.6) is 0 Å². The molecule has 10 heteroatoms. The van der Waals surface area contributed by atoms with Crippen LogP contribution in [0.25, 0.3) is 11.1 Å². The number of nitrogens with one attached hydrogen (secondary N) is 2. The lowest BCUT2D eigenvalue weighted by Gasteiger charge is -2.14. The summed E-state index contributed by atoms with van der Waals surface area (Å²) in [7, 11) is 0. The van der Waals surface area contributed by atoms with Crippen LogP contribution in [0.4, 0.5) is 4.79 Å². The third-order valence-electron chi connectivity index (χ3n) is 5.73. The van der Waals surface area contributed by atoms with E-state index in [2.05, 4.69) is 39.9 Å². The Morgan fingerprint density at radius 1 is 1.11 bits per heavy atom. The summed E-state index contributed by atoms with van der Waals surface area (Å²) in [6.07, 6.45) is 1.62. The maximum Gasteiger partial charge on any atom is 0.407 e. The van der Waals surface area contributed by atoms with Crippen molar-refractivity contribution in [1.82, 2.24) is 15.6 Å². The van der Waals surface area contributed by atoms with E-state index in [1.54, 1.807) is 0 Å². The molecule has 182 valence electrons. The van der Waals surface area contributed by atoms with Crippen molar-refractivity contribution in [3.63, 3.8) is 0 Å². The first-order valence-electron chi connectivity index (χ1n) is 11.0. The van der Waals surface area contributed by atoms with Gasteiger partial charge in [-0.2, -0.15) is 11.8 Å². The van der Waals surface area contributed by atoms with Gasteiger partial charge in [0.25, 0.3) is 5.91 Å². The summed E-state index contributed by atoms with van der Waals surface area (Å²) in [6, 6.07) is 15.3. The van der Waals surface area contributed by atoms with Crippen LogP contribution in [-0.2, 0) is 16.1 Å². The molecule has 3 aromatic rings. The fourth-order valence-corrected chi connectivity index (χ4v) is 5.20. The van der Waals surface area contributed by atoms with Gasteiger partial charge in [0, 0.05) is 11.3 Å². The first-order valence-corrected chi connectivity index (χ1v) is 13.3. The maximum atomic E-state index is 12.4. The number of benzene rings is 2. The third-order valence-corrected chi connectivity index (χ3v) is 7.22. The minimum Gasteiger partial charge on any atom is -0.480 e. The highest BCUT2D eigenvalue weighted by atomic mass is 32.2. The minimum atomic E-state index is -1.08. The first kappa shape index (κ1) is 24.7. The number of carboxylic acids is 1. The topological polar surface area (TPSA) is 118 Å². The van der Waals surface area contributed by atoms with E-state index < -0.39 is 24.0 Å². The second kappa shape index (κ2) is 11.4. The van der Waals surface area contributed by atoms with Crippen LogP contribution >= 0.6 is 23.1 Å². The van der Waals surface area contributed by atoms with E-state index in [4.69, 9.17) is 4.74 Å². The number of rotatable bonds is 10. The van der Waals surface area contributed by atoms with E-state index in [1.807, 2.05) is 30.5 Å². The number of carboxylic acid groups (broad SMARTS) is 1. The largest absolute Gasteiger partial charge is 0.480 e. The van der Waals surface area contributed by atoms with Crippen LogP contribution in [0.15, 0.2) is 53.9 Å². The zero-order valence-electron chi connectivity index (χ0n) is 19.0. The number of hydrogen-bond donors (Lipinski definition) is 3. The molecular formula is C25H25N3O5S2. The Hall–Kier alpha value is -3.37. The van der Waals surface area contributed by atoms with Crippen LogP contribution < -0.4 is 10.6 Å². The van der Waals surface area contributed by atoms with Gasteiger partial charge in [-0.25, -0.2) is 14.6 Å². The molecule has 1 aromatic heterocycles. The maximum absolute atomic E-state index is 12.4. The number of hydrogen-bond acceptors (Lipinski definition) is 7. The van der Waals surface area contributed by atoms with E-state index in [0.29, 0.717) is 17.2 Å². The molecule has 0 bridgehead atoms. The third kappa shape index (κ3) is 5.83. The molecule has 3 N–H and O–H groups in total. The summed E-state index contributed by atoms with van der Waals surface area (Å²) in [5, 5.41) is 16.5. The average molecular weight is 512 g/mol. The standard InChI is InChI=1S/C25H25N3O5S2/c1-34-11-10-20(24(30)31)28-23(29)21-14-35-22(27-21)12-26-25(32)33-13-19-17-8-4-2-6-15(17)16-7-3-5-9-18(16)19/h2-9,14,19-20H,10-13H2,1H3,(H,26,32)(H,28,29)(H,30,31)/t20-/m0/s1. The zero-order valence-corrected chi connectivity index (χ0v) is 20.7. The van der Waals surface area contributed by atoms with Crippen molar-refractivity contribution < 1.29 is 24.2 Å². The molecule has 0 aliphatic heterocycles. The summed E-state index contributed by atoms with van der Waals surface area (Å²) in [5.41, 5.74) is 4.70. The van der Waals surface area contributed by atoms with Gasteiger partial charge in [-0.1, -0.05) is 48.5 Å². The Kier molecular flexibility index (Phi) is 8.04. The molecule has 0 radical (unpaired) electrons. The molecule has 2 aromatic carbocycles. The van der Waals surface area contributed by atoms with Gasteiger partial charge >= 0.3 is 12.1 Å². The number of carbonyl (C=O) groups is 3. The number of alkyl carbamates (subject to hydrolysis) is 1. The van der Waals surface area contributed by atoms with Crippen LogP contribution in [0.1, 0.15) is 39.0 Å². The van der Waals surface area contributed by atoms with E-state index in [0.717, 1.165) is 22.3 Å². The van der Waals surface area contributed by atoms with Crippen molar-refractivity contribution in [2.75, 3.05) is 18.6 Å². The summed E-state index contributed by atoms with van der Waals surface area (Å²) in [5.74, 6) is -1.05. The number of thioether (sulfide) groups is 1. The molecule has 1 aliphatic carbocycles. The smallest absolute Gasteiger partial charge is 0.407 e. The first-order chi connectivity index (χ1) is 17.0. The van der Waals surface area contributed by atoms with Crippen molar-refractivity contribution in [2.45, 2.75) is 24.9 Å². The number of amides is 2. The van der Waals surface area contributed by atoms with Gasteiger partial charge in [0.05, 0.1) is 6.54 Å². The predicted molar refractivity (Wildman–Crippen MR) is 136 cm³/mol. The fraction of sp³-hybridized carbons (Fsp3) is 0.280. The Bertz CT molecular complexity index is 1180. The van der Waals surface area contributed by atoms with E-state index in [-0.39, 0.29) is 24.8 Å². The lowest BCUT2D eigenvalue weighted by molar-refractivity contribution is -0.139. The van der Waals surface area contributed by atoms with Crippen molar-refractivity contribution in [2.24, 2.45) is 0 Å². The van der Waals surface area contributed by atoms with Crippen molar-refractivity contribution in [3.05, 3.63) is 75.7 Å². The highest BCUT2D eigenvalue weighted by molar-refractivity contribution is 7.98. The van der Waals surface area contributed by atoms with Crippen molar-refractivity contribution >= 4 is 41.1 Å². The van der Waals surface area contributed by atoms with Gasteiger partial charge < -0.3 is 20.5 Å². The van der Waals surface area contributed by atoms with Crippen LogP contribution in [0, 0.1) is 0 Å². The Labute approximate surface area is 211 Å². The van der Waals surface area contributed by atoms with Crippen molar-refractivity contribution in [3.8, 4) is 11.1 Å². The molecule has 1 aliphatic rings. The van der Waals surface area contributed by atoms with Gasteiger partial charge in [-0.3, -0.25) is 4.79 Å². The second-order valence-electron chi connectivity index (χ2n) is 7.95. The van der Waals surface area contributed by atoms with Gasteiger partial charge in [0.15, 0.2) is 0 Å². The normalized spacial score (nSPS) is 12.9. The summed E-state index contributed by atoms with van der Waals surface area (Å²) < 4.78 is 5.51. The van der Waals surface area contributed by atoms with Crippen molar-refractivity contribution in [1.29, 1.82) is 0 Å². The molecule has 1 heterocycles. The molecule has 35 heavy (non-hydrogen) atoms. The number of aliphatic carboxylic acids is 1. The van der Waals surface area contributed by atoms with Gasteiger partial charge in [0.1, 0.15) is 23.4 Å². The quantitative estimate of drug-likeness (QED) is 0.375. The SMILES string of the molecule is CSCC[C@H](NC(=O)c1csc(CNC(=O)OCC2c3ccccc3-c3ccccc32)n1)C(=O)O. The van der Waals surface area contributed by atoms with E-state index in [9.17, 15) is 19.5 Å². The minimum absolute atomic E-state index is 0.0309. The molecule has 4 rings (SSSR count). The Balaban J connectivity index is 1.29. The summed E-state index contributed by atoms with van der Waals surface area (Å²) >= 11 is 2.71. The lowest BCUT2D eigenvalue weighted by Crippen LogP contribution is -2.41. The molecule has 1 atom stereocenters. The number of nitrogens with zero attached hydrogens (tertiary/aromatic N) is 1. The summed E-state index contributed by atoms with van der Waals surface area (Å²) in [4.78, 5) is 40.3. The zero-order chi connectivity index (χ0) is 24.8. The number of carbonyl (C=O) groups excluding carboxylic acids is 2. The molecule has 0 unspecified atom stereocenters. The molecule has 0 saturated heterocycles. The lowest BCUT2D eigenvalue weighted by atomic mass is 9.98. The molecule has 0 fully saturated rings. The molecular weight excluding hydrogens is 486 g/mol. The van der Waals surface area contributed by atoms with Crippen LogP contribution in [0.3, 0.4) is 0 Å². The Morgan fingerprint density at radius 2 is 1.77 bits per heavy atom. The number of aromatic nitrogens is 1. The molecule has 8 nitrogen and oxygen atoms in total. The molecule has 2 amide bonds. The van der Waals surface area contributed by atoms with Gasteiger partial charge in [0.2, 0.25) is 0 Å². The number of ether oxygens (including phenoxy) is 1. The Morgan fingerprint density at radius 3 is 2.40 bits per heavy atom.